The summed E-state index contributed by atoms with van der Waals surface area (Å²) in [4.78, 5) is 12.6. The van der Waals surface area contributed by atoms with Gasteiger partial charge in [-0.05, 0) is 18.9 Å². The fourth-order valence-corrected chi connectivity index (χ4v) is 1.55. The SMILES string of the molecule is CCCN(CC(F)(F)F)C(=O)CC(CC)CN. The van der Waals surface area contributed by atoms with Gasteiger partial charge in [0.2, 0.25) is 5.91 Å². The maximum atomic E-state index is 12.3. The lowest BCUT2D eigenvalue weighted by molar-refractivity contribution is -0.161. The Morgan fingerprint density at radius 3 is 2.29 bits per heavy atom. The first-order chi connectivity index (χ1) is 7.84. The van der Waals surface area contributed by atoms with Crippen LogP contribution in [0.1, 0.15) is 33.1 Å². The quantitative estimate of drug-likeness (QED) is 0.756. The van der Waals surface area contributed by atoms with E-state index in [4.69, 9.17) is 5.73 Å². The van der Waals surface area contributed by atoms with Crippen LogP contribution >= 0.6 is 0 Å². The fraction of sp³-hybridized carbons (Fsp3) is 0.909. The highest BCUT2D eigenvalue weighted by atomic mass is 19.4. The lowest BCUT2D eigenvalue weighted by Crippen LogP contribution is -2.40. The predicted octanol–water partition coefficient (Wildman–Crippen LogP) is 2.16. The van der Waals surface area contributed by atoms with Crippen molar-refractivity contribution in [2.24, 2.45) is 11.7 Å². The van der Waals surface area contributed by atoms with Crippen LogP contribution in [-0.2, 0) is 4.79 Å². The molecule has 3 nitrogen and oxygen atoms in total. The van der Waals surface area contributed by atoms with Crippen molar-refractivity contribution < 1.29 is 18.0 Å². The molecule has 0 aliphatic rings. The maximum Gasteiger partial charge on any atom is 0.406 e. The van der Waals surface area contributed by atoms with Crippen molar-refractivity contribution in [2.45, 2.75) is 39.3 Å². The highest BCUT2D eigenvalue weighted by Gasteiger charge is 2.32. The number of hydrogen-bond donors (Lipinski definition) is 1. The van der Waals surface area contributed by atoms with E-state index < -0.39 is 18.6 Å². The van der Waals surface area contributed by atoms with Crippen molar-refractivity contribution in [1.29, 1.82) is 0 Å². The molecule has 0 bridgehead atoms. The van der Waals surface area contributed by atoms with E-state index in [0.29, 0.717) is 19.4 Å². The lowest BCUT2D eigenvalue weighted by atomic mass is 10.0. The van der Waals surface area contributed by atoms with E-state index in [1.165, 1.54) is 0 Å². The minimum absolute atomic E-state index is 0.0323. The summed E-state index contributed by atoms with van der Waals surface area (Å²) in [5.74, 6) is -0.489. The zero-order chi connectivity index (χ0) is 13.5. The number of rotatable bonds is 7. The number of carbonyl (C=O) groups is 1. The van der Waals surface area contributed by atoms with Crippen molar-refractivity contribution in [3.8, 4) is 0 Å². The first kappa shape index (κ1) is 16.2. The van der Waals surface area contributed by atoms with Gasteiger partial charge in [0.1, 0.15) is 6.54 Å². The molecule has 0 fully saturated rings. The molecule has 0 spiro atoms. The van der Waals surface area contributed by atoms with Gasteiger partial charge in [0.25, 0.3) is 0 Å². The molecule has 0 aromatic carbocycles. The van der Waals surface area contributed by atoms with Crippen molar-refractivity contribution in [2.75, 3.05) is 19.6 Å². The van der Waals surface area contributed by atoms with Crippen molar-refractivity contribution in [3.63, 3.8) is 0 Å². The average Bonchev–Trinajstić information content (AvgIpc) is 2.23. The molecule has 2 N–H and O–H groups in total. The van der Waals surface area contributed by atoms with Crippen LogP contribution < -0.4 is 5.73 Å². The molecular weight excluding hydrogens is 233 g/mol. The van der Waals surface area contributed by atoms with E-state index in [9.17, 15) is 18.0 Å². The minimum atomic E-state index is -4.34. The van der Waals surface area contributed by atoms with Crippen LogP contribution in [0, 0.1) is 5.92 Å². The molecule has 17 heavy (non-hydrogen) atoms. The Labute approximate surface area is 100 Å². The minimum Gasteiger partial charge on any atom is -0.334 e. The van der Waals surface area contributed by atoms with Crippen LogP contribution in [0.25, 0.3) is 0 Å². The van der Waals surface area contributed by atoms with Gasteiger partial charge in [-0.25, -0.2) is 0 Å². The summed E-state index contributed by atoms with van der Waals surface area (Å²) >= 11 is 0. The molecule has 6 heteroatoms. The van der Waals surface area contributed by atoms with Crippen molar-refractivity contribution >= 4 is 5.91 Å². The van der Waals surface area contributed by atoms with Gasteiger partial charge in [-0.1, -0.05) is 20.3 Å². The van der Waals surface area contributed by atoms with Crippen molar-refractivity contribution in [3.05, 3.63) is 0 Å². The summed E-state index contributed by atoms with van der Waals surface area (Å²) in [5, 5.41) is 0. The Morgan fingerprint density at radius 2 is 1.94 bits per heavy atom. The van der Waals surface area contributed by atoms with E-state index >= 15 is 0 Å². The second-order valence-electron chi connectivity index (χ2n) is 4.14. The maximum absolute atomic E-state index is 12.3. The largest absolute Gasteiger partial charge is 0.406 e. The van der Waals surface area contributed by atoms with E-state index in [2.05, 4.69) is 0 Å². The highest BCUT2D eigenvalue weighted by molar-refractivity contribution is 5.76. The molecule has 0 heterocycles. The van der Waals surface area contributed by atoms with Gasteiger partial charge >= 0.3 is 6.18 Å². The Bertz CT molecular complexity index is 227. The molecule has 102 valence electrons. The number of amides is 1. The third-order valence-corrected chi connectivity index (χ3v) is 2.59. The Balaban J connectivity index is 4.43. The number of halogens is 3. The smallest absolute Gasteiger partial charge is 0.334 e. The monoisotopic (exact) mass is 254 g/mol. The Morgan fingerprint density at radius 1 is 1.35 bits per heavy atom. The molecule has 1 amide bonds. The molecule has 0 saturated heterocycles. The van der Waals surface area contributed by atoms with Gasteiger partial charge in [-0.3, -0.25) is 4.79 Å². The molecular formula is C11H21F3N2O. The van der Waals surface area contributed by atoms with E-state index in [1.54, 1.807) is 6.92 Å². The second kappa shape index (κ2) is 7.53. The van der Waals surface area contributed by atoms with E-state index in [1.807, 2.05) is 6.92 Å². The van der Waals surface area contributed by atoms with Crippen LogP contribution in [0.3, 0.4) is 0 Å². The van der Waals surface area contributed by atoms with Gasteiger partial charge in [0.15, 0.2) is 0 Å². The molecule has 0 radical (unpaired) electrons. The summed E-state index contributed by atoms with van der Waals surface area (Å²) in [6.07, 6.45) is -3.02. The Hall–Kier alpha value is -0.780. The summed E-state index contributed by atoms with van der Waals surface area (Å²) in [6, 6.07) is 0. The third kappa shape index (κ3) is 7.20. The number of hydrogen-bond acceptors (Lipinski definition) is 2. The van der Waals surface area contributed by atoms with Crippen molar-refractivity contribution in [1.82, 2.24) is 4.90 Å². The van der Waals surface area contributed by atoms with Gasteiger partial charge < -0.3 is 10.6 Å². The fourth-order valence-electron chi connectivity index (χ4n) is 1.55. The number of nitrogens with zero attached hydrogens (tertiary/aromatic N) is 1. The summed E-state index contributed by atoms with van der Waals surface area (Å²) in [7, 11) is 0. The molecule has 1 atom stereocenters. The number of carbonyl (C=O) groups excluding carboxylic acids is 1. The lowest BCUT2D eigenvalue weighted by Gasteiger charge is -2.25. The first-order valence-electron chi connectivity index (χ1n) is 5.88. The second-order valence-corrected chi connectivity index (χ2v) is 4.14. The van der Waals surface area contributed by atoms with E-state index in [-0.39, 0.29) is 18.9 Å². The molecule has 0 rings (SSSR count). The molecule has 0 aliphatic heterocycles. The molecule has 0 aromatic heterocycles. The van der Waals surface area contributed by atoms with Gasteiger partial charge in [0, 0.05) is 13.0 Å². The average molecular weight is 254 g/mol. The first-order valence-corrected chi connectivity index (χ1v) is 5.88. The van der Waals surface area contributed by atoms with Gasteiger partial charge in [0.05, 0.1) is 0 Å². The van der Waals surface area contributed by atoms with Crippen LogP contribution in [0.15, 0.2) is 0 Å². The van der Waals surface area contributed by atoms with E-state index in [0.717, 1.165) is 4.90 Å². The molecule has 0 aromatic rings. The molecule has 1 unspecified atom stereocenters. The van der Waals surface area contributed by atoms with Gasteiger partial charge in [-0.2, -0.15) is 13.2 Å². The number of alkyl halides is 3. The Kier molecular flexibility index (Phi) is 7.18. The summed E-state index contributed by atoms with van der Waals surface area (Å²) in [6.45, 7) is 2.92. The molecule has 0 saturated carbocycles. The standard InChI is InChI=1S/C11H21F3N2O/c1-3-5-16(8-11(12,13)14)10(17)6-9(4-2)7-15/h9H,3-8,15H2,1-2H3. The zero-order valence-corrected chi connectivity index (χ0v) is 10.4. The predicted molar refractivity (Wildman–Crippen MR) is 60.4 cm³/mol. The van der Waals surface area contributed by atoms with Crippen LogP contribution in [0.5, 0.6) is 0 Å². The van der Waals surface area contributed by atoms with Crippen LogP contribution in [-0.4, -0.2) is 36.6 Å². The normalized spacial score (nSPS) is 13.5. The van der Waals surface area contributed by atoms with Crippen LogP contribution in [0.2, 0.25) is 0 Å². The summed E-state index contributed by atoms with van der Waals surface area (Å²) < 4.78 is 36.8. The number of nitrogens with two attached hydrogens (primary N) is 1. The van der Waals surface area contributed by atoms with Gasteiger partial charge in [-0.15, -0.1) is 0 Å². The third-order valence-electron chi connectivity index (χ3n) is 2.59. The zero-order valence-electron chi connectivity index (χ0n) is 10.4. The highest BCUT2D eigenvalue weighted by Crippen LogP contribution is 2.18. The summed E-state index contributed by atoms with van der Waals surface area (Å²) in [5.41, 5.74) is 5.44. The molecule has 0 aliphatic carbocycles. The van der Waals surface area contributed by atoms with Crippen LogP contribution in [0.4, 0.5) is 13.2 Å². The topological polar surface area (TPSA) is 46.3 Å².